The maximum absolute atomic E-state index is 11.9. The molecule has 0 amide bonds. The highest BCUT2D eigenvalue weighted by atomic mass is 35.5. The zero-order chi connectivity index (χ0) is 12.3. The Morgan fingerprint density at radius 1 is 1.50 bits per heavy atom. The summed E-state index contributed by atoms with van der Waals surface area (Å²) in [5, 5.41) is 0. The molecule has 1 aromatic heterocycles. The number of carbonyl (C=O) groups is 1. The van der Waals surface area contributed by atoms with Crippen LogP contribution < -0.4 is 10.2 Å². The summed E-state index contributed by atoms with van der Waals surface area (Å²) in [6.07, 6.45) is -3.93. The van der Waals surface area contributed by atoms with Gasteiger partial charge in [0.25, 0.3) is 0 Å². The summed E-state index contributed by atoms with van der Waals surface area (Å²) in [5.74, 6) is -1.39. The van der Waals surface area contributed by atoms with Gasteiger partial charge in [-0.05, 0) is 0 Å². The summed E-state index contributed by atoms with van der Waals surface area (Å²) in [4.78, 5) is 24.0. The number of H-pyrrole nitrogens is 1. The van der Waals surface area contributed by atoms with Crippen molar-refractivity contribution in [3.05, 3.63) is 27.7 Å². The van der Waals surface area contributed by atoms with Gasteiger partial charge < -0.3 is 9.72 Å². The second-order valence-corrected chi connectivity index (χ2v) is 2.95. The molecule has 0 aliphatic carbocycles. The van der Waals surface area contributed by atoms with Crippen molar-refractivity contribution in [3.8, 4) is 5.75 Å². The predicted molar refractivity (Wildman–Crippen MR) is 48.7 cm³/mol. The fourth-order valence-electron chi connectivity index (χ4n) is 0.968. The number of aromatic nitrogens is 1. The van der Waals surface area contributed by atoms with Crippen LogP contribution in [0.5, 0.6) is 5.75 Å². The van der Waals surface area contributed by atoms with Crippen LogP contribution >= 0.6 is 11.6 Å². The number of aldehydes is 1. The molecule has 0 aromatic carbocycles. The molecule has 0 saturated carbocycles. The Hall–Kier alpha value is -1.50. The molecule has 0 bridgehead atoms. The molecule has 1 heterocycles. The first-order chi connectivity index (χ1) is 7.39. The van der Waals surface area contributed by atoms with Gasteiger partial charge in [-0.2, -0.15) is 0 Å². The number of halogens is 4. The second kappa shape index (κ2) is 4.56. The summed E-state index contributed by atoms with van der Waals surface area (Å²) in [6, 6.07) is 0. The van der Waals surface area contributed by atoms with Crippen LogP contribution in [0.2, 0.25) is 0 Å². The number of carbonyl (C=O) groups excluding carboxylic acids is 1. The summed E-state index contributed by atoms with van der Waals surface area (Å²) >= 11 is 5.33. The fraction of sp³-hybridized carbons (Fsp3) is 0.250. The van der Waals surface area contributed by atoms with Crippen molar-refractivity contribution in [2.45, 2.75) is 12.2 Å². The van der Waals surface area contributed by atoms with Crippen LogP contribution in [0.1, 0.15) is 16.1 Å². The second-order valence-electron chi connectivity index (χ2n) is 2.69. The van der Waals surface area contributed by atoms with Crippen LogP contribution in [0.3, 0.4) is 0 Å². The van der Waals surface area contributed by atoms with Crippen molar-refractivity contribution in [3.63, 3.8) is 0 Å². The highest BCUT2D eigenvalue weighted by Gasteiger charge is 2.34. The van der Waals surface area contributed by atoms with Gasteiger partial charge >= 0.3 is 6.36 Å². The highest BCUT2D eigenvalue weighted by molar-refractivity contribution is 6.17. The lowest BCUT2D eigenvalue weighted by molar-refractivity contribution is -0.275. The molecule has 88 valence electrons. The normalized spacial score (nSPS) is 11.2. The van der Waals surface area contributed by atoms with E-state index in [9.17, 15) is 22.8 Å². The number of hydrogen-bond donors (Lipinski definition) is 1. The van der Waals surface area contributed by atoms with Gasteiger partial charge in [-0.25, -0.2) is 0 Å². The van der Waals surface area contributed by atoms with Crippen molar-refractivity contribution in [1.82, 2.24) is 4.98 Å². The van der Waals surface area contributed by atoms with E-state index in [1.807, 2.05) is 0 Å². The number of rotatable bonds is 3. The fourth-order valence-corrected chi connectivity index (χ4v) is 1.17. The van der Waals surface area contributed by atoms with Crippen molar-refractivity contribution in [1.29, 1.82) is 0 Å². The largest absolute Gasteiger partial charge is 0.573 e. The van der Waals surface area contributed by atoms with Crippen LogP contribution in [0.4, 0.5) is 13.2 Å². The molecule has 1 N–H and O–H groups in total. The monoisotopic (exact) mass is 255 g/mol. The standard InChI is InChI=1S/C8H5ClF3NO3/c9-1-4-2-13-5(3-14)7(6(4)15)16-8(10,11)12/h2-3H,1H2,(H,13,15). The Morgan fingerprint density at radius 3 is 2.56 bits per heavy atom. The van der Waals surface area contributed by atoms with Crippen molar-refractivity contribution in [2.75, 3.05) is 0 Å². The molecule has 8 heteroatoms. The number of hydrogen-bond acceptors (Lipinski definition) is 3. The minimum Gasteiger partial charge on any atom is -0.399 e. The molecular weight excluding hydrogens is 251 g/mol. The third-order valence-corrected chi connectivity index (χ3v) is 1.91. The van der Waals surface area contributed by atoms with E-state index in [0.717, 1.165) is 6.20 Å². The minimum absolute atomic E-state index is 0.0560. The molecule has 0 aliphatic heterocycles. The summed E-state index contributed by atoms with van der Waals surface area (Å²) < 4.78 is 39.3. The summed E-state index contributed by atoms with van der Waals surface area (Å²) in [7, 11) is 0. The quantitative estimate of drug-likeness (QED) is 0.662. The zero-order valence-electron chi connectivity index (χ0n) is 7.60. The zero-order valence-corrected chi connectivity index (χ0v) is 8.35. The van der Waals surface area contributed by atoms with Gasteiger partial charge in [-0.3, -0.25) is 9.59 Å². The van der Waals surface area contributed by atoms with Crippen molar-refractivity contribution in [2.24, 2.45) is 0 Å². The number of nitrogens with one attached hydrogen (secondary N) is 1. The molecule has 4 nitrogen and oxygen atoms in total. The van der Waals surface area contributed by atoms with Crippen LogP contribution in [-0.4, -0.2) is 17.6 Å². The van der Waals surface area contributed by atoms with Crippen LogP contribution in [0.15, 0.2) is 11.0 Å². The Morgan fingerprint density at radius 2 is 2.12 bits per heavy atom. The lowest BCUT2D eigenvalue weighted by Crippen LogP contribution is -2.24. The first-order valence-electron chi connectivity index (χ1n) is 3.90. The van der Waals surface area contributed by atoms with Gasteiger partial charge in [0, 0.05) is 11.8 Å². The van der Waals surface area contributed by atoms with E-state index < -0.39 is 23.2 Å². The first kappa shape index (κ1) is 12.6. The third kappa shape index (κ3) is 2.75. The molecular formula is C8H5ClF3NO3. The molecule has 1 rings (SSSR count). The number of ether oxygens (including phenoxy) is 1. The Labute approximate surface area is 92.0 Å². The highest BCUT2D eigenvalue weighted by Crippen LogP contribution is 2.21. The number of pyridine rings is 1. The SMILES string of the molecule is O=Cc1[nH]cc(CCl)c(=O)c1OC(F)(F)F. The van der Waals surface area contributed by atoms with E-state index in [-0.39, 0.29) is 17.7 Å². The van der Waals surface area contributed by atoms with E-state index >= 15 is 0 Å². The van der Waals surface area contributed by atoms with Crippen LogP contribution in [-0.2, 0) is 5.88 Å². The molecule has 0 aliphatic rings. The molecule has 0 unspecified atom stereocenters. The Bertz CT molecular complexity index is 455. The Balaban J connectivity index is 3.33. The maximum atomic E-state index is 11.9. The van der Waals surface area contributed by atoms with Crippen molar-refractivity contribution < 1.29 is 22.7 Å². The van der Waals surface area contributed by atoms with Crippen LogP contribution in [0, 0.1) is 0 Å². The molecule has 16 heavy (non-hydrogen) atoms. The van der Waals surface area contributed by atoms with Gasteiger partial charge in [-0.15, -0.1) is 24.8 Å². The smallest absolute Gasteiger partial charge is 0.399 e. The van der Waals surface area contributed by atoms with E-state index in [1.54, 1.807) is 0 Å². The molecule has 0 saturated heterocycles. The molecule has 1 aromatic rings. The average Bonchev–Trinajstić information content (AvgIpc) is 2.19. The minimum atomic E-state index is -5.05. The average molecular weight is 256 g/mol. The summed E-state index contributed by atoms with van der Waals surface area (Å²) in [5.41, 5.74) is -1.77. The first-order valence-corrected chi connectivity index (χ1v) is 4.44. The van der Waals surface area contributed by atoms with Crippen LogP contribution in [0.25, 0.3) is 0 Å². The van der Waals surface area contributed by atoms with Gasteiger partial charge in [0.15, 0.2) is 6.29 Å². The van der Waals surface area contributed by atoms with Gasteiger partial charge in [0.1, 0.15) is 5.69 Å². The number of aromatic amines is 1. The lowest BCUT2D eigenvalue weighted by Gasteiger charge is -2.10. The maximum Gasteiger partial charge on any atom is 0.573 e. The molecule has 0 atom stereocenters. The van der Waals surface area contributed by atoms with E-state index in [1.165, 1.54) is 0 Å². The van der Waals surface area contributed by atoms with E-state index in [0.29, 0.717) is 0 Å². The van der Waals surface area contributed by atoms with Gasteiger partial charge in [-0.1, -0.05) is 0 Å². The van der Waals surface area contributed by atoms with Gasteiger partial charge in [0.05, 0.1) is 5.88 Å². The van der Waals surface area contributed by atoms with E-state index in [2.05, 4.69) is 9.72 Å². The molecule has 0 fully saturated rings. The number of alkyl halides is 4. The third-order valence-electron chi connectivity index (χ3n) is 1.62. The van der Waals surface area contributed by atoms with Crippen molar-refractivity contribution >= 4 is 17.9 Å². The summed E-state index contributed by atoms with van der Waals surface area (Å²) in [6.45, 7) is 0. The molecule has 0 spiro atoms. The lowest BCUT2D eigenvalue weighted by atomic mass is 10.2. The predicted octanol–water partition coefficient (Wildman–Crippen LogP) is 1.82. The molecule has 0 radical (unpaired) electrons. The topological polar surface area (TPSA) is 59.2 Å². The van der Waals surface area contributed by atoms with Gasteiger partial charge in [0.2, 0.25) is 11.2 Å². The van der Waals surface area contributed by atoms with E-state index in [4.69, 9.17) is 11.6 Å². The Kier molecular flexibility index (Phi) is 3.58.